The van der Waals surface area contributed by atoms with Gasteiger partial charge in [-0.25, -0.2) is 0 Å². The Kier molecular flexibility index (Phi) is 4.73. The Hall–Kier alpha value is -1.46. The predicted molar refractivity (Wildman–Crippen MR) is 54.2 cm³/mol. The average molecular weight is 210 g/mol. The van der Waals surface area contributed by atoms with Crippen LogP contribution in [0.5, 0.6) is 0 Å². The van der Waals surface area contributed by atoms with E-state index in [4.69, 9.17) is 5.11 Å². The van der Waals surface area contributed by atoms with E-state index in [9.17, 15) is 9.90 Å². The lowest BCUT2D eigenvalue weighted by Gasteiger charge is -2.09. The van der Waals surface area contributed by atoms with Crippen molar-refractivity contribution in [2.24, 2.45) is 0 Å². The van der Waals surface area contributed by atoms with E-state index in [1.807, 2.05) is 12.1 Å². The molecule has 0 bridgehead atoms. The number of aliphatic hydroxyl groups is 1. The highest BCUT2D eigenvalue weighted by Crippen LogP contribution is 1.95. The fourth-order valence-corrected chi connectivity index (χ4v) is 1.16. The summed E-state index contributed by atoms with van der Waals surface area (Å²) in [5.74, 6) is -0.995. The molecule has 82 valence electrons. The van der Waals surface area contributed by atoms with Crippen molar-refractivity contribution in [3.63, 3.8) is 0 Å². The molecule has 0 aromatic carbocycles. The molecule has 1 rings (SSSR count). The highest BCUT2D eigenvalue weighted by Gasteiger charge is 2.08. The van der Waals surface area contributed by atoms with Crippen molar-refractivity contribution < 1.29 is 15.0 Å². The Morgan fingerprint density at radius 2 is 2.40 bits per heavy atom. The number of aromatic nitrogens is 1. The van der Waals surface area contributed by atoms with Crippen molar-refractivity contribution >= 4 is 5.97 Å². The summed E-state index contributed by atoms with van der Waals surface area (Å²) in [6.45, 7) is 0.839. The van der Waals surface area contributed by atoms with Crippen LogP contribution in [0.1, 0.15) is 12.0 Å². The van der Waals surface area contributed by atoms with Crippen molar-refractivity contribution in [1.82, 2.24) is 10.3 Å². The lowest BCUT2D eigenvalue weighted by molar-refractivity contribution is -0.139. The van der Waals surface area contributed by atoms with Crippen molar-refractivity contribution in [2.45, 2.75) is 19.1 Å². The third-order valence-electron chi connectivity index (χ3n) is 1.84. The standard InChI is InChI=1S/C10H14N2O3/c13-9(4-10(14)15)7-12-6-8-2-1-3-11-5-8/h1-3,5,9,12-13H,4,6-7H2,(H,14,15). The molecule has 0 aliphatic rings. The number of nitrogens with zero attached hydrogens (tertiary/aromatic N) is 1. The first-order valence-electron chi connectivity index (χ1n) is 4.68. The SMILES string of the molecule is O=C(O)CC(O)CNCc1cccnc1. The van der Waals surface area contributed by atoms with Gasteiger partial charge < -0.3 is 15.5 Å². The highest BCUT2D eigenvalue weighted by atomic mass is 16.4. The van der Waals surface area contributed by atoms with Crippen molar-refractivity contribution in [3.8, 4) is 0 Å². The van der Waals surface area contributed by atoms with Gasteiger partial charge in [0.05, 0.1) is 12.5 Å². The molecule has 15 heavy (non-hydrogen) atoms. The van der Waals surface area contributed by atoms with Gasteiger partial charge in [0.15, 0.2) is 0 Å². The topological polar surface area (TPSA) is 82.5 Å². The summed E-state index contributed by atoms with van der Waals surface area (Å²) in [7, 11) is 0. The van der Waals surface area contributed by atoms with Gasteiger partial charge in [-0.2, -0.15) is 0 Å². The molecule has 0 aliphatic carbocycles. The molecule has 0 amide bonds. The molecule has 3 N–H and O–H groups in total. The number of carbonyl (C=O) groups is 1. The van der Waals surface area contributed by atoms with Gasteiger partial charge in [-0.1, -0.05) is 6.07 Å². The van der Waals surface area contributed by atoms with Crippen molar-refractivity contribution in [1.29, 1.82) is 0 Å². The van der Waals surface area contributed by atoms with Gasteiger partial charge in [-0.3, -0.25) is 9.78 Å². The molecular formula is C10H14N2O3. The zero-order chi connectivity index (χ0) is 11.1. The van der Waals surface area contributed by atoms with E-state index < -0.39 is 12.1 Å². The summed E-state index contributed by atoms with van der Waals surface area (Å²) in [6, 6.07) is 3.73. The van der Waals surface area contributed by atoms with Crippen LogP contribution in [-0.4, -0.2) is 33.8 Å². The number of carboxylic acids is 1. The summed E-state index contributed by atoms with van der Waals surface area (Å²) >= 11 is 0. The van der Waals surface area contributed by atoms with Crippen molar-refractivity contribution in [2.75, 3.05) is 6.54 Å². The average Bonchev–Trinajstić information content (AvgIpc) is 2.18. The fraction of sp³-hybridized carbons (Fsp3) is 0.400. The first kappa shape index (κ1) is 11.6. The summed E-state index contributed by atoms with van der Waals surface area (Å²) in [4.78, 5) is 14.2. The Labute approximate surface area is 87.8 Å². The quantitative estimate of drug-likeness (QED) is 0.616. The van der Waals surface area contributed by atoms with Crippen LogP contribution in [0.2, 0.25) is 0 Å². The maximum Gasteiger partial charge on any atom is 0.306 e. The van der Waals surface area contributed by atoms with E-state index in [2.05, 4.69) is 10.3 Å². The fourth-order valence-electron chi connectivity index (χ4n) is 1.16. The summed E-state index contributed by atoms with van der Waals surface area (Å²) in [5.41, 5.74) is 1.00. The lowest BCUT2D eigenvalue weighted by atomic mass is 10.2. The maximum absolute atomic E-state index is 10.2. The number of aliphatic hydroxyl groups excluding tert-OH is 1. The van der Waals surface area contributed by atoms with E-state index in [0.29, 0.717) is 6.54 Å². The van der Waals surface area contributed by atoms with Gasteiger partial charge in [0, 0.05) is 25.5 Å². The molecule has 0 saturated carbocycles. The predicted octanol–water partition coefficient (Wildman–Crippen LogP) is 0.00680. The normalized spacial score (nSPS) is 12.3. The third kappa shape index (κ3) is 5.09. The lowest BCUT2D eigenvalue weighted by Crippen LogP contribution is -2.28. The molecule has 0 aliphatic heterocycles. The molecule has 5 heteroatoms. The van der Waals surface area contributed by atoms with E-state index in [1.54, 1.807) is 12.4 Å². The van der Waals surface area contributed by atoms with Gasteiger partial charge in [-0.05, 0) is 11.6 Å². The van der Waals surface area contributed by atoms with Gasteiger partial charge >= 0.3 is 5.97 Å². The maximum atomic E-state index is 10.2. The Morgan fingerprint density at radius 3 is 3.00 bits per heavy atom. The van der Waals surface area contributed by atoms with E-state index in [1.165, 1.54) is 0 Å². The number of hydrogen-bond acceptors (Lipinski definition) is 4. The minimum absolute atomic E-state index is 0.236. The smallest absolute Gasteiger partial charge is 0.306 e. The zero-order valence-corrected chi connectivity index (χ0v) is 8.26. The molecule has 0 fully saturated rings. The minimum atomic E-state index is -0.995. The van der Waals surface area contributed by atoms with Crippen LogP contribution in [-0.2, 0) is 11.3 Å². The first-order valence-corrected chi connectivity index (χ1v) is 4.68. The van der Waals surface area contributed by atoms with Gasteiger partial charge in [0.2, 0.25) is 0 Å². The van der Waals surface area contributed by atoms with Gasteiger partial charge in [0.25, 0.3) is 0 Å². The van der Waals surface area contributed by atoms with Crippen LogP contribution in [0.3, 0.4) is 0 Å². The molecule has 0 radical (unpaired) electrons. The van der Waals surface area contributed by atoms with Crippen LogP contribution < -0.4 is 5.32 Å². The molecule has 1 unspecified atom stereocenters. The Bertz CT molecular complexity index is 303. The third-order valence-corrected chi connectivity index (χ3v) is 1.84. The van der Waals surface area contributed by atoms with Crippen LogP contribution in [0.4, 0.5) is 0 Å². The Balaban J connectivity index is 2.19. The van der Waals surface area contributed by atoms with Crippen LogP contribution >= 0.6 is 0 Å². The second-order valence-corrected chi connectivity index (χ2v) is 3.24. The molecule has 1 aromatic heterocycles. The van der Waals surface area contributed by atoms with Crippen LogP contribution in [0.25, 0.3) is 0 Å². The van der Waals surface area contributed by atoms with Gasteiger partial charge in [-0.15, -0.1) is 0 Å². The summed E-state index contributed by atoms with van der Waals surface area (Å²) in [5, 5.41) is 20.6. The summed E-state index contributed by atoms with van der Waals surface area (Å²) in [6.07, 6.45) is 2.32. The van der Waals surface area contributed by atoms with Crippen LogP contribution in [0, 0.1) is 0 Å². The summed E-state index contributed by atoms with van der Waals surface area (Å²) < 4.78 is 0. The number of aliphatic carboxylic acids is 1. The van der Waals surface area contributed by atoms with Crippen molar-refractivity contribution in [3.05, 3.63) is 30.1 Å². The second-order valence-electron chi connectivity index (χ2n) is 3.24. The number of hydrogen-bond donors (Lipinski definition) is 3. The Morgan fingerprint density at radius 1 is 1.60 bits per heavy atom. The molecule has 0 spiro atoms. The number of pyridine rings is 1. The highest BCUT2D eigenvalue weighted by molar-refractivity contribution is 5.67. The molecule has 1 aromatic rings. The van der Waals surface area contributed by atoms with Gasteiger partial charge in [0.1, 0.15) is 0 Å². The molecule has 1 atom stereocenters. The number of carboxylic acid groups (broad SMARTS) is 1. The minimum Gasteiger partial charge on any atom is -0.481 e. The monoisotopic (exact) mass is 210 g/mol. The van der Waals surface area contributed by atoms with E-state index in [-0.39, 0.29) is 13.0 Å². The van der Waals surface area contributed by atoms with E-state index in [0.717, 1.165) is 5.56 Å². The van der Waals surface area contributed by atoms with E-state index >= 15 is 0 Å². The molecule has 5 nitrogen and oxygen atoms in total. The molecule has 0 saturated heterocycles. The first-order chi connectivity index (χ1) is 7.18. The second kappa shape index (κ2) is 6.10. The molecule has 1 heterocycles. The number of rotatable bonds is 6. The molecular weight excluding hydrogens is 196 g/mol. The number of nitrogens with one attached hydrogen (secondary N) is 1. The zero-order valence-electron chi connectivity index (χ0n) is 8.26. The van der Waals surface area contributed by atoms with Crippen LogP contribution in [0.15, 0.2) is 24.5 Å². The largest absolute Gasteiger partial charge is 0.481 e.